The molecule has 2 atom stereocenters. The van der Waals surface area contributed by atoms with Crippen LogP contribution in [0, 0.1) is 0 Å². The molecule has 0 spiro atoms. The lowest BCUT2D eigenvalue weighted by molar-refractivity contribution is 0.124. The summed E-state index contributed by atoms with van der Waals surface area (Å²) in [6.45, 7) is 5.90. The molecule has 0 aromatic rings. The van der Waals surface area contributed by atoms with Crippen molar-refractivity contribution in [1.29, 1.82) is 0 Å². The summed E-state index contributed by atoms with van der Waals surface area (Å²) < 4.78 is 5.34. The van der Waals surface area contributed by atoms with E-state index < -0.39 is 0 Å². The van der Waals surface area contributed by atoms with Crippen LogP contribution in [0.2, 0.25) is 0 Å². The number of nitrogens with one attached hydrogen (secondary N) is 1. The van der Waals surface area contributed by atoms with Crippen molar-refractivity contribution in [3.05, 3.63) is 0 Å². The molecule has 1 saturated heterocycles. The average Bonchev–Trinajstić information content (AvgIpc) is 2.53. The number of rotatable bonds is 5. The van der Waals surface area contributed by atoms with Crippen molar-refractivity contribution in [3.8, 4) is 0 Å². The first-order valence-corrected chi connectivity index (χ1v) is 5.90. The van der Waals surface area contributed by atoms with Gasteiger partial charge in [0.15, 0.2) is 0 Å². The van der Waals surface area contributed by atoms with Gasteiger partial charge in [-0.3, -0.25) is 0 Å². The van der Waals surface area contributed by atoms with E-state index in [1.54, 1.807) is 0 Å². The van der Waals surface area contributed by atoms with Crippen LogP contribution in [0.3, 0.4) is 0 Å². The van der Waals surface area contributed by atoms with Crippen molar-refractivity contribution in [1.82, 2.24) is 5.32 Å². The van der Waals surface area contributed by atoms with Crippen molar-refractivity contribution in [2.75, 3.05) is 24.7 Å². The average molecular weight is 189 g/mol. The smallest absolute Gasteiger partial charge is 0.0616 e. The molecule has 1 aliphatic heterocycles. The molecule has 0 aromatic heterocycles. The SMILES string of the molecule is CCOCC(C)NC1CCSC1. The Hall–Kier alpha value is 0.270. The maximum absolute atomic E-state index is 5.34. The normalized spacial score (nSPS) is 26.0. The summed E-state index contributed by atoms with van der Waals surface area (Å²) in [5, 5.41) is 3.57. The summed E-state index contributed by atoms with van der Waals surface area (Å²) in [6.07, 6.45) is 1.32. The van der Waals surface area contributed by atoms with E-state index in [0.29, 0.717) is 6.04 Å². The minimum atomic E-state index is 0.508. The largest absolute Gasteiger partial charge is 0.380 e. The van der Waals surface area contributed by atoms with Crippen LogP contribution in [0.15, 0.2) is 0 Å². The van der Waals surface area contributed by atoms with Crippen LogP contribution < -0.4 is 5.32 Å². The molecule has 3 heteroatoms. The summed E-state index contributed by atoms with van der Waals surface area (Å²) >= 11 is 2.04. The topological polar surface area (TPSA) is 21.3 Å². The molecule has 1 fully saturated rings. The third-order valence-corrected chi connectivity index (χ3v) is 3.18. The highest BCUT2D eigenvalue weighted by Gasteiger charge is 2.16. The first kappa shape index (κ1) is 10.4. The van der Waals surface area contributed by atoms with Gasteiger partial charge in [0.2, 0.25) is 0 Å². The standard InChI is InChI=1S/C9H19NOS/c1-3-11-6-8(2)10-9-4-5-12-7-9/h8-10H,3-7H2,1-2H3. The van der Waals surface area contributed by atoms with Crippen LogP contribution in [0.4, 0.5) is 0 Å². The second-order valence-electron chi connectivity index (χ2n) is 3.29. The maximum Gasteiger partial charge on any atom is 0.0616 e. The van der Waals surface area contributed by atoms with Crippen LogP contribution in [-0.4, -0.2) is 36.8 Å². The van der Waals surface area contributed by atoms with Gasteiger partial charge in [-0.05, 0) is 26.0 Å². The molecule has 2 unspecified atom stereocenters. The highest BCUT2D eigenvalue weighted by Crippen LogP contribution is 2.17. The van der Waals surface area contributed by atoms with Crippen LogP contribution in [0.5, 0.6) is 0 Å². The van der Waals surface area contributed by atoms with Gasteiger partial charge in [-0.1, -0.05) is 0 Å². The Morgan fingerprint density at radius 2 is 2.50 bits per heavy atom. The molecule has 1 heterocycles. The Kier molecular flexibility index (Phi) is 5.04. The van der Waals surface area contributed by atoms with Crippen LogP contribution >= 0.6 is 11.8 Å². The molecular formula is C9H19NOS. The van der Waals surface area contributed by atoms with Crippen LogP contribution in [0.25, 0.3) is 0 Å². The molecule has 12 heavy (non-hydrogen) atoms. The third-order valence-electron chi connectivity index (χ3n) is 2.02. The molecule has 1 N–H and O–H groups in total. The first-order chi connectivity index (χ1) is 5.83. The zero-order chi connectivity index (χ0) is 8.81. The van der Waals surface area contributed by atoms with E-state index in [2.05, 4.69) is 12.2 Å². The molecular weight excluding hydrogens is 170 g/mol. The maximum atomic E-state index is 5.34. The van der Waals surface area contributed by atoms with Crippen molar-refractivity contribution in [2.45, 2.75) is 32.4 Å². The lowest BCUT2D eigenvalue weighted by atomic mass is 10.2. The number of ether oxygens (including phenoxy) is 1. The Morgan fingerprint density at radius 1 is 1.67 bits per heavy atom. The Labute approximate surface area is 79.4 Å². The van der Waals surface area contributed by atoms with Crippen molar-refractivity contribution >= 4 is 11.8 Å². The second-order valence-corrected chi connectivity index (χ2v) is 4.44. The van der Waals surface area contributed by atoms with E-state index >= 15 is 0 Å². The van der Waals surface area contributed by atoms with Gasteiger partial charge in [0, 0.05) is 24.4 Å². The van der Waals surface area contributed by atoms with Crippen molar-refractivity contribution in [3.63, 3.8) is 0 Å². The van der Waals surface area contributed by atoms with Gasteiger partial charge in [-0.2, -0.15) is 11.8 Å². The van der Waals surface area contributed by atoms with Crippen molar-refractivity contribution in [2.24, 2.45) is 0 Å². The van der Waals surface area contributed by atoms with E-state index in [4.69, 9.17) is 4.74 Å². The highest BCUT2D eigenvalue weighted by molar-refractivity contribution is 7.99. The lowest BCUT2D eigenvalue weighted by Crippen LogP contribution is -2.39. The summed E-state index contributed by atoms with van der Waals surface area (Å²) in [5.41, 5.74) is 0. The fourth-order valence-corrected chi connectivity index (χ4v) is 2.58. The van der Waals surface area contributed by atoms with Gasteiger partial charge < -0.3 is 10.1 Å². The molecule has 2 nitrogen and oxygen atoms in total. The lowest BCUT2D eigenvalue weighted by Gasteiger charge is -2.18. The van der Waals surface area contributed by atoms with E-state index in [-0.39, 0.29) is 0 Å². The van der Waals surface area contributed by atoms with E-state index in [1.807, 2.05) is 18.7 Å². The predicted molar refractivity (Wildman–Crippen MR) is 54.8 cm³/mol. The second kappa shape index (κ2) is 5.84. The molecule has 72 valence electrons. The fraction of sp³-hybridized carbons (Fsp3) is 1.00. The number of hydrogen-bond acceptors (Lipinski definition) is 3. The highest BCUT2D eigenvalue weighted by atomic mass is 32.2. The Bertz CT molecular complexity index is 115. The van der Waals surface area contributed by atoms with Crippen molar-refractivity contribution < 1.29 is 4.74 Å². The molecule has 0 saturated carbocycles. The van der Waals surface area contributed by atoms with Gasteiger partial charge in [0.25, 0.3) is 0 Å². The minimum Gasteiger partial charge on any atom is -0.380 e. The van der Waals surface area contributed by atoms with Gasteiger partial charge in [-0.25, -0.2) is 0 Å². The van der Waals surface area contributed by atoms with Gasteiger partial charge in [0.1, 0.15) is 0 Å². The molecule has 0 aromatic carbocycles. The van der Waals surface area contributed by atoms with Gasteiger partial charge >= 0.3 is 0 Å². The van der Waals surface area contributed by atoms with Crippen LogP contribution in [-0.2, 0) is 4.74 Å². The predicted octanol–water partition coefficient (Wildman–Crippen LogP) is 1.51. The summed E-state index contributed by atoms with van der Waals surface area (Å²) in [7, 11) is 0. The zero-order valence-electron chi connectivity index (χ0n) is 8.01. The van der Waals surface area contributed by atoms with Gasteiger partial charge in [-0.15, -0.1) is 0 Å². The quantitative estimate of drug-likeness (QED) is 0.708. The summed E-state index contributed by atoms with van der Waals surface area (Å²) in [4.78, 5) is 0. The molecule has 0 aliphatic carbocycles. The summed E-state index contributed by atoms with van der Waals surface area (Å²) in [6, 6.07) is 1.24. The molecule has 0 bridgehead atoms. The van der Waals surface area contributed by atoms with E-state index in [0.717, 1.165) is 19.3 Å². The fourth-order valence-electron chi connectivity index (χ4n) is 1.41. The molecule has 1 rings (SSSR count). The van der Waals surface area contributed by atoms with Crippen LogP contribution in [0.1, 0.15) is 20.3 Å². The number of thioether (sulfide) groups is 1. The minimum absolute atomic E-state index is 0.508. The third kappa shape index (κ3) is 3.78. The van der Waals surface area contributed by atoms with Gasteiger partial charge in [0.05, 0.1) is 6.61 Å². The molecule has 0 amide bonds. The van der Waals surface area contributed by atoms with E-state index in [9.17, 15) is 0 Å². The number of hydrogen-bond donors (Lipinski definition) is 1. The zero-order valence-corrected chi connectivity index (χ0v) is 8.82. The first-order valence-electron chi connectivity index (χ1n) is 4.74. The molecule has 1 aliphatic rings. The summed E-state index contributed by atoms with van der Waals surface area (Å²) in [5.74, 6) is 2.59. The Morgan fingerprint density at radius 3 is 3.08 bits per heavy atom. The Balaban J connectivity index is 2.03. The van der Waals surface area contributed by atoms with E-state index in [1.165, 1.54) is 17.9 Å². The molecule has 0 radical (unpaired) electrons. The monoisotopic (exact) mass is 189 g/mol.